The van der Waals surface area contributed by atoms with Gasteiger partial charge in [-0.05, 0) is 60.3 Å². The average molecular weight is 535 g/mol. The van der Waals surface area contributed by atoms with Crippen LogP contribution in [0.3, 0.4) is 0 Å². The van der Waals surface area contributed by atoms with E-state index in [-0.39, 0.29) is 45.2 Å². The molecule has 0 heterocycles. The van der Waals surface area contributed by atoms with Crippen molar-refractivity contribution in [2.45, 2.75) is 60.0 Å². The minimum Gasteiger partial charge on any atom is -0.507 e. The summed E-state index contributed by atoms with van der Waals surface area (Å²) in [5, 5.41) is 67.1. The van der Waals surface area contributed by atoms with E-state index in [1.54, 1.807) is 39.8 Å². The van der Waals surface area contributed by atoms with E-state index >= 15 is 0 Å². The molecular formula is C31H34O8. The van der Waals surface area contributed by atoms with E-state index in [2.05, 4.69) is 0 Å². The normalized spacial score (nSPS) is 21.7. The van der Waals surface area contributed by atoms with E-state index in [9.17, 15) is 40.2 Å². The smallest absolute Gasteiger partial charge is 0.169 e. The first-order chi connectivity index (χ1) is 18.1. The van der Waals surface area contributed by atoms with Gasteiger partial charge < -0.3 is 30.6 Å². The molecule has 2 atom stereocenters. The second kappa shape index (κ2) is 9.31. The summed E-state index contributed by atoms with van der Waals surface area (Å²) < 4.78 is 0. The van der Waals surface area contributed by atoms with E-state index in [1.165, 1.54) is 6.92 Å². The van der Waals surface area contributed by atoms with Gasteiger partial charge >= 0.3 is 0 Å². The van der Waals surface area contributed by atoms with Gasteiger partial charge in [-0.2, -0.15) is 0 Å². The Hall–Kier alpha value is -4.04. The molecule has 1 unspecified atom stereocenters. The van der Waals surface area contributed by atoms with Crippen molar-refractivity contribution in [2.75, 3.05) is 0 Å². The van der Waals surface area contributed by atoms with Gasteiger partial charge in [0.1, 0.15) is 5.75 Å². The van der Waals surface area contributed by atoms with Crippen LogP contribution in [-0.2, 0) is 4.79 Å². The molecule has 0 amide bonds. The Balaban J connectivity index is 2.18. The molecule has 8 nitrogen and oxygen atoms in total. The standard InChI is InChI=1S/C31H34O8/c1-12(2)20-16-8-14(5)22(28(36)23(16)18(10-32)26(34)29(20)37)24-15(6)9-17-21(13(3)4)30(38)27(35)19(11-33)25(17)31(24,7)39/h8-13,25,34-39H,1-7H3/t25?,31-/m0/s1. The molecule has 8 heteroatoms. The highest BCUT2D eigenvalue weighted by atomic mass is 16.3. The zero-order valence-corrected chi connectivity index (χ0v) is 23.0. The third kappa shape index (κ3) is 3.77. The van der Waals surface area contributed by atoms with Crippen molar-refractivity contribution in [1.29, 1.82) is 0 Å². The molecule has 2 aromatic carbocycles. The third-order valence-corrected chi connectivity index (χ3v) is 7.96. The van der Waals surface area contributed by atoms with Crippen LogP contribution >= 0.6 is 0 Å². The van der Waals surface area contributed by atoms with Gasteiger partial charge in [0.15, 0.2) is 35.6 Å². The van der Waals surface area contributed by atoms with E-state index < -0.39 is 34.5 Å². The van der Waals surface area contributed by atoms with Gasteiger partial charge in [-0.3, -0.25) is 9.59 Å². The van der Waals surface area contributed by atoms with Crippen molar-refractivity contribution in [3.8, 4) is 17.2 Å². The first-order valence-electron chi connectivity index (χ1n) is 12.8. The number of phenolic OH excluding ortho intramolecular Hbond substituents is 3. The Bertz CT molecular complexity index is 1580. The number of hydrogen-bond donors (Lipinski definition) is 6. The lowest BCUT2D eigenvalue weighted by Gasteiger charge is -2.44. The number of aldehydes is 2. The maximum absolute atomic E-state index is 12.2. The molecular weight excluding hydrogens is 500 g/mol. The van der Waals surface area contributed by atoms with Crippen LogP contribution in [0, 0.1) is 18.8 Å². The summed E-state index contributed by atoms with van der Waals surface area (Å²) in [6.07, 6.45) is 2.48. The number of aliphatic hydroxyl groups is 3. The summed E-state index contributed by atoms with van der Waals surface area (Å²) in [5.74, 6) is -4.09. The monoisotopic (exact) mass is 534 g/mol. The van der Waals surface area contributed by atoms with Crippen molar-refractivity contribution in [2.24, 2.45) is 11.8 Å². The minimum atomic E-state index is -1.86. The molecule has 2 aromatic rings. The van der Waals surface area contributed by atoms with Gasteiger partial charge in [0, 0.05) is 33.6 Å². The summed E-state index contributed by atoms with van der Waals surface area (Å²) in [6.45, 7) is 12.1. The molecule has 0 saturated carbocycles. The summed E-state index contributed by atoms with van der Waals surface area (Å²) in [5.41, 5.74) is 0.344. The van der Waals surface area contributed by atoms with E-state index in [0.29, 0.717) is 45.8 Å². The number of carbonyl (C=O) groups excluding carboxylic acids is 2. The molecule has 0 saturated heterocycles. The van der Waals surface area contributed by atoms with Crippen LogP contribution in [0.4, 0.5) is 0 Å². The van der Waals surface area contributed by atoms with Crippen LogP contribution in [0.1, 0.15) is 74.5 Å². The SMILES string of the molecule is CC1=C(c2c(C)cc3c(C(C)C)c(O)c(O)c(C=O)c3c2O)[C@](C)(O)C2C(=C1)C(C(C)C)=C(O)C(O)=C2C=O. The highest BCUT2D eigenvalue weighted by Gasteiger charge is 2.50. The third-order valence-electron chi connectivity index (χ3n) is 7.96. The Labute approximate surface area is 226 Å². The number of aromatic hydroxyl groups is 3. The molecule has 0 radical (unpaired) electrons. The first kappa shape index (κ1) is 28.0. The first-order valence-corrected chi connectivity index (χ1v) is 12.8. The topological polar surface area (TPSA) is 156 Å². The summed E-state index contributed by atoms with van der Waals surface area (Å²) in [6, 6.07) is 1.68. The molecule has 0 aliphatic heterocycles. The quantitative estimate of drug-likeness (QED) is 0.208. The number of aryl methyl sites for hydroxylation is 1. The fourth-order valence-electron chi connectivity index (χ4n) is 6.46. The number of fused-ring (bicyclic) bond motifs is 2. The van der Waals surface area contributed by atoms with E-state index in [1.807, 2.05) is 13.8 Å². The van der Waals surface area contributed by atoms with E-state index in [0.717, 1.165) is 0 Å². The largest absolute Gasteiger partial charge is 0.507 e. The van der Waals surface area contributed by atoms with E-state index in [4.69, 9.17) is 0 Å². The van der Waals surface area contributed by atoms with Crippen molar-refractivity contribution in [3.63, 3.8) is 0 Å². The Morgan fingerprint density at radius 3 is 2.00 bits per heavy atom. The molecule has 0 fully saturated rings. The Kier molecular flexibility index (Phi) is 6.68. The maximum atomic E-state index is 12.2. The van der Waals surface area contributed by atoms with Crippen molar-refractivity contribution in [1.82, 2.24) is 0 Å². The van der Waals surface area contributed by atoms with Gasteiger partial charge in [-0.25, -0.2) is 0 Å². The van der Waals surface area contributed by atoms with Crippen molar-refractivity contribution in [3.05, 3.63) is 68.2 Å². The predicted octanol–water partition coefficient (Wildman–Crippen LogP) is 5.77. The van der Waals surface area contributed by atoms with Crippen LogP contribution in [0.5, 0.6) is 17.2 Å². The molecule has 39 heavy (non-hydrogen) atoms. The molecule has 2 aliphatic rings. The number of aliphatic hydroxyl groups excluding tert-OH is 2. The molecule has 206 valence electrons. The fraction of sp³-hybridized carbons (Fsp3) is 0.355. The van der Waals surface area contributed by atoms with Gasteiger partial charge in [0.25, 0.3) is 0 Å². The van der Waals surface area contributed by atoms with Gasteiger partial charge in [0.2, 0.25) is 0 Å². The number of rotatable bonds is 5. The number of benzene rings is 2. The molecule has 0 bridgehead atoms. The highest BCUT2D eigenvalue weighted by Crippen LogP contribution is 2.56. The summed E-state index contributed by atoms with van der Waals surface area (Å²) in [7, 11) is 0. The zero-order chi connectivity index (χ0) is 29.3. The number of phenols is 3. The molecule has 2 aliphatic carbocycles. The van der Waals surface area contributed by atoms with Gasteiger partial charge in [-0.15, -0.1) is 0 Å². The average Bonchev–Trinajstić information content (AvgIpc) is 2.83. The molecule has 0 spiro atoms. The Morgan fingerprint density at radius 1 is 0.872 bits per heavy atom. The minimum absolute atomic E-state index is 0.0218. The maximum Gasteiger partial charge on any atom is 0.169 e. The fourth-order valence-corrected chi connectivity index (χ4v) is 6.46. The van der Waals surface area contributed by atoms with Crippen molar-refractivity contribution >= 4 is 28.9 Å². The van der Waals surface area contributed by atoms with Crippen LogP contribution in [0.15, 0.2) is 46.0 Å². The molecule has 0 aromatic heterocycles. The van der Waals surface area contributed by atoms with Gasteiger partial charge in [-0.1, -0.05) is 39.8 Å². The second-order valence-electron chi connectivity index (χ2n) is 11.2. The highest BCUT2D eigenvalue weighted by molar-refractivity contribution is 6.10. The lowest BCUT2D eigenvalue weighted by molar-refractivity contribution is -0.106. The van der Waals surface area contributed by atoms with Gasteiger partial charge in [0.05, 0.1) is 11.2 Å². The lowest BCUT2D eigenvalue weighted by atomic mass is 9.62. The van der Waals surface area contributed by atoms with Crippen LogP contribution in [0.2, 0.25) is 0 Å². The predicted molar refractivity (Wildman–Crippen MR) is 148 cm³/mol. The van der Waals surface area contributed by atoms with Crippen LogP contribution in [-0.4, -0.2) is 48.8 Å². The number of carbonyl (C=O) groups is 2. The number of allylic oxidation sites excluding steroid dienone is 3. The van der Waals surface area contributed by atoms with Crippen LogP contribution in [0.25, 0.3) is 16.3 Å². The second-order valence-corrected chi connectivity index (χ2v) is 11.2. The molecule has 4 rings (SSSR count). The number of hydrogen-bond acceptors (Lipinski definition) is 8. The van der Waals surface area contributed by atoms with Crippen LogP contribution < -0.4 is 0 Å². The molecule has 6 N–H and O–H groups in total. The Morgan fingerprint density at radius 2 is 1.49 bits per heavy atom. The summed E-state index contributed by atoms with van der Waals surface area (Å²) >= 11 is 0. The summed E-state index contributed by atoms with van der Waals surface area (Å²) in [4.78, 5) is 24.2. The van der Waals surface area contributed by atoms with Crippen molar-refractivity contribution < 1.29 is 40.2 Å². The zero-order valence-electron chi connectivity index (χ0n) is 23.0. The lowest BCUT2D eigenvalue weighted by Crippen LogP contribution is -2.44.